The van der Waals surface area contributed by atoms with Crippen molar-refractivity contribution in [2.45, 2.75) is 7.43 Å². The molecule has 0 aromatic carbocycles. The summed E-state index contributed by atoms with van der Waals surface area (Å²) in [5.74, 6) is 0. The zero-order valence-electron chi connectivity index (χ0n) is 5.50. The predicted molar refractivity (Wildman–Crippen MR) is 37.3 cm³/mol. The Morgan fingerprint density at radius 1 is 1.44 bits per heavy atom. The summed E-state index contributed by atoms with van der Waals surface area (Å²) in [5, 5.41) is 16.7. The lowest BCUT2D eigenvalue weighted by Gasteiger charge is -1.89. The zero-order valence-corrected chi connectivity index (χ0v) is 5.50. The van der Waals surface area contributed by atoms with Gasteiger partial charge in [-0.3, -0.25) is 5.21 Å². The van der Waals surface area contributed by atoms with Gasteiger partial charge in [-0.25, -0.2) is 0 Å². The van der Waals surface area contributed by atoms with Crippen LogP contribution in [0.1, 0.15) is 7.43 Å². The third-order valence-electron chi connectivity index (χ3n) is 0. The molecule has 0 radical (unpaired) electrons. The zero-order chi connectivity index (χ0) is 7.15. The van der Waals surface area contributed by atoms with Crippen LogP contribution in [0.5, 0.6) is 0 Å². The van der Waals surface area contributed by atoms with Gasteiger partial charge in [0.25, 0.3) is 0 Å². The summed E-state index contributed by atoms with van der Waals surface area (Å²) in [7, 11) is 4.56. The van der Waals surface area contributed by atoms with Crippen LogP contribution in [-0.2, 0) is 0 Å². The molecule has 0 atom stereocenters. The van der Waals surface area contributed by atoms with E-state index in [0.717, 1.165) is 9.80 Å². The van der Waals surface area contributed by atoms with Crippen LogP contribution in [-0.4, -0.2) is 48.1 Å². The van der Waals surface area contributed by atoms with Crippen LogP contribution < -0.4 is 0 Å². The molecule has 0 aliphatic rings. The summed E-state index contributed by atoms with van der Waals surface area (Å²) < 4.78 is 0.750. The fourth-order valence-electron chi connectivity index (χ4n) is 0. The molecular formula is C5H17N2O2+. The Labute approximate surface area is 56.6 Å². The molecule has 4 heteroatoms. The van der Waals surface area contributed by atoms with Crippen molar-refractivity contribution < 1.29 is 15.2 Å². The molecule has 0 aliphatic carbocycles. The molecule has 0 aromatic rings. The standard InChI is InChI=1S/C2H7NO.C2H6NO.CH4/c2*1-3(2)4;/h4H,1-2H3;4H,1H2,2H3;1H4/q;+1;. The highest BCUT2D eigenvalue weighted by Crippen LogP contribution is 1.46. The molecule has 0 amide bonds. The van der Waals surface area contributed by atoms with Crippen LogP contribution in [0.4, 0.5) is 0 Å². The van der Waals surface area contributed by atoms with Crippen molar-refractivity contribution in [1.82, 2.24) is 5.06 Å². The highest BCUT2D eigenvalue weighted by molar-refractivity contribution is 5.13. The van der Waals surface area contributed by atoms with E-state index in [1.807, 2.05) is 0 Å². The van der Waals surface area contributed by atoms with E-state index in [0.29, 0.717) is 0 Å². The van der Waals surface area contributed by atoms with Gasteiger partial charge in [0.1, 0.15) is 0 Å². The van der Waals surface area contributed by atoms with Crippen molar-refractivity contribution in [3.8, 4) is 0 Å². The lowest BCUT2D eigenvalue weighted by Crippen LogP contribution is -2.01. The first kappa shape index (κ1) is 15.8. The van der Waals surface area contributed by atoms with Crippen LogP contribution >= 0.6 is 0 Å². The van der Waals surface area contributed by atoms with E-state index in [9.17, 15) is 0 Å². The van der Waals surface area contributed by atoms with Crippen molar-refractivity contribution in [2.75, 3.05) is 21.1 Å². The Morgan fingerprint density at radius 2 is 1.44 bits per heavy atom. The van der Waals surface area contributed by atoms with Crippen LogP contribution in [0.2, 0.25) is 0 Å². The van der Waals surface area contributed by atoms with Gasteiger partial charge in [0.05, 0.1) is 0 Å². The highest BCUT2D eigenvalue weighted by atomic mass is 16.5. The van der Waals surface area contributed by atoms with Gasteiger partial charge in [0.15, 0.2) is 13.8 Å². The second kappa shape index (κ2) is 10.4. The Hall–Kier alpha value is -0.610. The Kier molecular flexibility index (Phi) is 18.2. The Morgan fingerprint density at radius 3 is 1.44 bits per heavy atom. The topological polar surface area (TPSA) is 46.7 Å². The molecular weight excluding hydrogens is 120 g/mol. The molecule has 0 spiro atoms. The first-order valence-electron chi connectivity index (χ1n) is 2.06. The third kappa shape index (κ3) is 577. The van der Waals surface area contributed by atoms with Crippen molar-refractivity contribution in [3.63, 3.8) is 0 Å². The molecule has 2 N–H and O–H groups in total. The number of rotatable bonds is 0. The van der Waals surface area contributed by atoms with Gasteiger partial charge in [-0.1, -0.05) is 7.43 Å². The molecule has 0 heterocycles. The minimum absolute atomic E-state index is 0. The molecule has 0 bridgehead atoms. The van der Waals surface area contributed by atoms with Gasteiger partial charge in [0, 0.05) is 14.1 Å². The average molecular weight is 137 g/mol. The van der Waals surface area contributed by atoms with E-state index in [1.165, 1.54) is 7.05 Å². The van der Waals surface area contributed by atoms with Crippen LogP contribution in [0.25, 0.3) is 0 Å². The number of hydrogen-bond acceptors (Lipinski definition) is 3. The second-order valence-electron chi connectivity index (χ2n) is 1.50. The average Bonchev–Trinajstić information content (AvgIpc) is 1.25. The monoisotopic (exact) mass is 137 g/mol. The van der Waals surface area contributed by atoms with Gasteiger partial charge >= 0.3 is 0 Å². The van der Waals surface area contributed by atoms with E-state index in [2.05, 4.69) is 6.72 Å². The minimum Gasteiger partial charge on any atom is -0.315 e. The molecule has 0 aromatic heterocycles. The number of hydrogen-bond donors (Lipinski definition) is 2. The normalized spacial score (nSPS) is 6.78. The van der Waals surface area contributed by atoms with Crippen LogP contribution in [0.15, 0.2) is 0 Å². The van der Waals surface area contributed by atoms with Crippen molar-refractivity contribution in [1.29, 1.82) is 0 Å². The van der Waals surface area contributed by atoms with E-state index in [4.69, 9.17) is 10.4 Å². The summed E-state index contributed by atoms with van der Waals surface area (Å²) in [4.78, 5) is 0. The third-order valence-corrected chi connectivity index (χ3v) is 0. The second-order valence-corrected chi connectivity index (χ2v) is 1.50. The molecule has 0 saturated heterocycles. The van der Waals surface area contributed by atoms with Gasteiger partial charge in [-0.2, -0.15) is 5.06 Å². The van der Waals surface area contributed by atoms with E-state index in [-0.39, 0.29) is 7.43 Å². The minimum atomic E-state index is 0. The van der Waals surface area contributed by atoms with Crippen LogP contribution in [0, 0.1) is 0 Å². The van der Waals surface area contributed by atoms with E-state index >= 15 is 0 Å². The molecule has 0 unspecified atom stereocenters. The fourth-order valence-corrected chi connectivity index (χ4v) is 0. The lowest BCUT2D eigenvalue weighted by molar-refractivity contribution is -0.748. The van der Waals surface area contributed by atoms with Gasteiger partial charge in [-0.15, -0.1) is 0 Å². The summed E-state index contributed by atoms with van der Waals surface area (Å²) in [5.41, 5.74) is 0. The summed E-state index contributed by atoms with van der Waals surface area (Å²) in [6.45, 7) is 3.03. The van der Waals surface area contributed by atoms with E-state index < -0.39 is 0 Å². The quantitative estimate of drug-likeness (QED) is 0.218. The van der Waals surface area contributed by atoms with Gasteiger partial charge < -0.3 is 5.21 Å². The maximum Gasteiger partial charge on any atom is 0.182 e. The first-order chi connectivity index (χ1) is 3.46. The van der Waals surface area contributed by atoms with Crippen molar-refractivity contribution in [3.05, 3.63) is 0 Å². The maximum absolute atomic E-state index is 7.89. The number of hydroxylamine groups is 3. The smallest absolute Gasteiger partial charge is 0.182 e. The van der Waals surface area contributed by atoms with Crippen molar-refractivity contribution >= 4 is 6.72 Å². The highest BCUT2D eigenvalue weighted by Gasteiger charge is 1.59. The largest absolute Gasteiger partial charge is 0.315 e. The summed E-state index contributed by atoms with van der Waals surface area (Å²) in [6.07, 6.45) is 0. The first-order valence-corrected chi connectivity index (χ1v) is 2.06. The molecule has 0 aliphatic heterocycles. The molecule has 4 nitrogen and oxygen atoms in total. The van der Waals surface area contributed by atoms with Gasteiger partial charge in [0.2, 0.25) is 0 Å². The molecule has 0 rings (SSSR count). The molecule has 58 valence electrons. The predicted octanol–water partition coefficient (Wildman–Crippen LogP) is 0.292. The number of nitrogens with zero attached hydrogens (tertiary/aromatic N) is 2. The van der Waals surface area contributed by atoms with Crippen LogP contribution in [0.3, 0.4) is 0 Å². The Balaban J connectivity index is -0.0000000720. The molecule has 0 saturated carbocycles. The van der Waals surface area contributed by atoms with Crippen molar-refractivity contribution in [2.24, 2.45) is 0 Å². The Bertz CT molecular complexity index is 57.2. The SMILES string of the molecule is C.C=[N+](C)O.CN(C)O. The van der Waals surface area contributed by atoms with E-state index in [1.54, 1.807) is 14.1 Å². The van der Waals surface area contributed by atoms with Gasteiger partial charge in [-0.05, 0) is 4.74 Å². The molecule has 9 heavy (non-hydrogen) atoms. The lowest BCUT2D eigenvalue weighted by atomic mass is 11.2. The molecule has 0 fully saturated rings. The maximum atomic E-state index is 7.89. The fraction of sp³-hybridized carbons (Fsp3) is 0.800. The summed E-state index contributed by atoms with van der Waals surface area (Å²) >= 11 is 0. The summed E-state index contributed by atoms with van der Waals surface area (Å²) in [6, 6.07) is 0.